The smallest absolute Gasteiger partial charge is 0.233 e. The minimum absolute atomic E-state index is 0.182. The lowest BCUT2D eigenvalue weighted by molar-refractivity contribution is 0.213. The van der Waals surface area contributed by atoms with Gasteiger partial charge in [0.15, 0.2) is 0 Å². The summed E-state index contributed by atoms with van der Waals surface area (Å²) in [7, 11) is 0. The van der Waals surface area contributed by atoms with Crippen molar-refractivity contribution in [2.75, 3.05) is 13.1 Å². The first-order chi connectivity index (χ1) is 8.92. The standard InChI is InChI=1S/C12H13N5O/c1-2-13-5-10(1)18-12-7-14-6-11(17-12)9-3-15-8-16-4-9/h3-4,6-8,10,13H,1-2,5H2. The van der Waals surface area contributed by atoms with Gasteiger partial charge >= 0.3 is 0 Å². The van der Waals surface area contributed by atoms with Crippen LogP contribution >= 0.6 is 0 Å². The molecule has 1 fully saturated rings. The molecule has 0 saturated carbocycles. The number of aromatic nitrogens is 4. The average molecular weight is 243 g/mol. The number of ether oxygens (including phenoxy) is 1. The molecule has 1 aliphatic rings. The topological polar surface area (TPSA) is 72.8 Å². The van der Waals surface area contributed by atoms with Crippen LogP contribution in [0.2, 0.25) is 0 Å². The second-order valence-electron chi connectivity index (χ2n) is 4.10. The molecule has 0 bridgehead atoms. The van der Waals surface area contributed by atoms with Crippen LogP contribution in [0.5, 0.6) is 5.88 Å². The van der Waals surface area contributed by atoms with Crippen molar-refractivity contribution >= 4 is 0 Å². The summed E-state index contributed by atoms with van der Waals surface area (Å²) in [5.41, 5.74) is 1.55. The number of hydrogen-bond acceptors (Lipinski definition) is 6. The molecular formula is C12H13N5O. The minimum atomic E-state index is 0.182. The predicted molar refractivity (Wildman–Crippen MR) is 65.0 cm³/mol. The molecule has 2 aromatic rings. The van der Waals surface area contributed by atoms with Crippen molar-refractivity contribution in [2.24, 2.45) is 0 Å². The van der Waals surface area contributed by atoms with Crippen LogP contribution in [0.15, 0.2) is 31.1 Å². The summed E-state index contributed by atoms with van der Waals surface area (Å²) in [6.45, 7) is 1.85. The van der Waals surface area contributed by atoms with Crippen LogP contribution in [0, 0.1) is 0 Å². The van der Waals surface area contributed by atoms with E-state index in [0.717, 1.165) is 30.8 Å². The lowest BCUT2D eigenvalue weighted by atomic mass is 10.2. The van der Waals surface area contributed by atoms with Crippen molar-refractivity contribution < 1.29 is 4.74 Å². The van der Waals surface area contributed by atoms with E-state index in [-0.39, 0.29) is 6.10 Å². The van der Waals surface area contributed by atoms with Gasteiger partial charge < -0.3 is 10.1 Å². The van der Waals surface area contributed by atoms with Crippen LogP contribution in [0.3, 0.4) is 0 Å². The Morgan fingerprint density at radius 2 is 2.00 bits per heavy atom. The van der Waals surface area contributed by atoms with Crippen molar-refractivity contribution in [3.8, 4) is 17.1 Å². The van der Waals surface area contributed by atoms with Gasteiger partial charge in [0.1, 0.15) is 12.4 Å². The molecular weight excluding hydrogens is 230 g/mol. The summed E-state index contributed by atoms with van der Waals surface area (Å²) in [5.74, 6) is 0.546. The van der Waals surface area contributed by atoms with Crippen LogP contribution in [0.25, 0.3) is 11.3 Å². The Balaban J connectivity index is 1.80. The first-order valence-electron chi connectivity index (χ1n) is 5.86. The highest BCUT2D eigenvalue weighted by Gasteiger charge is 2.16. The van der Waals surface area contributed by atoms with E-state index < -0.39 is 0 Å². The molecule has 1 aliphatic heterocycles. The SMILES string of the molecule is c1ncc(-c2cncc(OC3CCNC3)n2)cn1. The van der Waals surface area contributed by atoms with Gasteiger partial charge in [0.2, 0.25) is 5.88 Å². The van der Waals surface area contributed by atoms with Crippen LogP contribution < -0.4 is 10.1 Å². The van der Waals surface area contributed by atoms with E-state index >= 15 is 0 Å². The maximum absolute atomic E-state index is 5.76. The fourth-order valence-electron chi connectivity index (χ4n) is 1.87. The maximum atomic E-state index is 5.76. The molecule has 6 heteroatoms. The second-order valence-corrected chi connectivity index (χ2v) is 4.10. The van der Waals surface area contributed by atoms with E-state index in [1.165, 1.54) is 6.33 Å². The van der Waals surface area contributed by atoms with E-state index in [0.29, 0.717) is 5.88 Å². The molecule has 3 rings (SSSR count). The van der Waals surface area contributed by atoms with Gasteiger partial charge in [-0.1, -0.05) is 0 Å². The van der Waals surface area contributed by atoms with E-state index in [1.54, 1.807) is 24.8 Å². The van der Waals surface area contributed by atoms with Crippen molar-refractivity contribution in [2.45, 2.75) is 12.5 Å². The van der Waals surface area contributed by atoms with Crippen LogP contribution in [0.1, 0.15) is 6.42 Å². The third kappa shape index (κ3) is 2.43. The predicted octanol–water partition coefficient (Wildman–Crippen LogP) is 0.674. The molecule has 6 nitrogen and oxygen atoms in total. The third-order valence-electron chi connectivity index (χ3n) is 2.77. The number of hydrogen-bond donors (Lipinski definition) is 1. The van der Waals surface area contributed by atoms with Gasteiger partial charge in [0, 0.05) is 24.5 Å². The summed E-state index contributed by atoms with van der Waals surface area (Å²) in [6, 6.07) is 0. The van der Waals surface area contributed by atoms with Crippen LogP contribution in [0.4, 0.5) is 0 Å². The largest absolute Gasteiger partial charge is 0.472 e. The Kier molecular flexibility index (Phi) is 3.10. The Labute approximate surface area is 104 Å². The minimum Gasteiger partial charge on any atom is -0.472 e. The quantitative estimate of drug-likeness (QED) is 0.854. The van der Waals surface area contributed by atoms with Gasteiger partial charge in [-0.15, -0.1) is 0 Å². The van der Waals surface area contributed by atoms with Gasteiger partial charge in [-0.25, -0.2) is 15.0 Å². The van der Waals surface area contributed by atoms with Gasteiger partial charge in [0.05, 0.1) is 18.1 Å². The Hall–Kier alpha value is -2.08. The number of nitrogens with zero attached hydrogens (tertiary/aromatic N) is 4. The lowest BCUT2D eigenvalue weighted by Gasteiger charge is -2.11. The molecule has 0 spiro atoms. The van der Waals surface area contributed by atoms with Gasteiger partial charge in [-0.2, -0.15) is 0 Å². The monoisotopic (exact) mass is 243 g/mol. The molecule has 1 saturated heterocycles. The molecule has 3 heterocycles. The molecule has 1 unspecified atom stereocenters. The van der Waals surface area contributed by atoms with Crippen molar-refractivity contribution in [3.63, 3.8) is 0 Å². The van der Waals surface area contributed by atoms with Crippen molar-refractivity contribution in [1.29, 1.82) is 0 Å². The normalized spacial score (nSPS) is 18.8. The van der Waals surface area contributed by atoms with E-state index in [2.05, 4.69) is 25.3 Å². The fraction of sp³-hybridized carbons (Fsp3) is 0.333. The van der Waals surface area contributed by atoms with E-state index in [1.807, 2.05) is 0 Å². The lowest BCUT2D eigenvalue weighted by Crippen LogP contribution is -2.20. The highest BCUT2D eigenvalue weighted by atomic mass is 16.5. The van der Waals surface area contributed by atoms with Crippen molar-refractivity contribution in [3.05, 3.63) is 31.1 Å². The molecule has 18 heavy (non-hydrogen) atoms. The molecule has 1 atom stereocenters. The Bertz CT molecular complexity index is 513. The molecule has 0 amide bonds. The molecule has 0 aliphatic carbocycles. The molecule has 1 N–H and O–H groups in total. The molecule has 0 aromatic carbocycles. The summed E-state index contributed by atoms with van der Waals surface area (Å²) in [5, 5.41) is 3.25. The van der Waals surface area contributed by atoms with Gasteiger partial charge in [-0.05, 0) is 13.0 Å². The van der Waals surface area contributed by atoms with Gasteiger partial charge in [0.25, 0.3) is 0 Å². The van der Waals surface area contributed by atoms with Crippen LogP contribution in [-0.4, -0.2) is 39.1 Å². The van der Waals surface area contributed by atoms with E-state index in [9.17, 15) is 0 Å². The zero-order valence-electron chi connectivity index (χ0n) is 9.78. The zero-order chi connectivity index (χ0) is 12.2. The highest BCUT2D eigenvalue weighted by molar-refractivity contribution is 5.55. The zero-order valence-corrected chi connectivity index (χ0v) is 9.78. The van der Waals surface area contributed by atoms with E-state index in [4.69, 9.17) is 4.74 Å². The summed E-state index contributed by atoms with van der Waals surface area (Å²) in [6.07, 6.45) is 9.39. The first-order valence-corrected chi connectivity index (χ1v) is 5.86. The molecule has 0 radical (unpaired) electrons. The first kappa shape index (κ1) is 11.0. The summed E-state index contributed by atoms with van der Waals surface area (Å²) in [4.78, 5) is 16.5. The average Bonchev–Trinajstić information content (AvgIpc) is 2.93. The number of nitrogens with one attached hydrogen (secondary N) is 1. The fourth-order valence-corrected chi connectivity index (χ4v) is 1.87. The number of rotatable bonds is 3. The molecule has 92 valence electrons. The second kappa shape index (κ2) is 5.05. The Morgan fingerprint density at radius 1 is 1.11 bits per heavy atom. The van der Waals surface area contributed by atoms with Gasteiger partial charge in [-0.3, -0.25) is 4.98 Å². The van der Waals surface area contributed by atoms with Crippen molar-refractivity contribution in [1.82, 2.24) is 25.3 Å². The maximum Gasteiger partial charge on any atom is 0.233 e. The molecule has 2 aromatic heterocycles. The highest BCUT2D eigenvalue weighted by Crippen LogP contribution is 2.17. The summed E-state index contributed by atoms with van der Waals surface area (Å²) < 4.78 is 5.76. The van der Waals surface area contributed by atoms with Crippen LogP contribution in [-0.2, 0) is 0 Å². The Morgan fingerprint density at radius 3 is 2.78 bits per heavy atom. The third-order valence-corrected chi connectivity index (χ3v) is 2.77. The summed E-state index contributed by atoms with van der Waals surface area (Å²) >= 11 is 0.